The largest absolute Gasteiger partial charge is 0.271 e. The summed E-state index contributed by atoms with van der Waals surface area (Å²) in [6, 6.07) is 9.49. The number of benzene rings is 1. The van der Waals surface area contributed by atoms with E-state index in [0.29, 0.717) is 51.8 Å². The predicted octanol–water partition coefficient (Wildman–Crippen LogP) is 8.63. The summed E-state index contributed by atoms with van der Waals surface area (Å²) in [4.78, 5) is 43.8. The van der Waals surface area contributed by atoms with Crippen molar-refractivity contribution in [2.24, 2.45) is 0 Å². The van der Waals surface area contributed by atoms with Crippen LogP contribution in [0.4, 0.5) is 0 Å². The number of nitrogens with zero attached hydrogens (tertiary/aromatic N) is 4. The molecule has 2 amide bonds. The topological polar surface area (TPSA) is 76.1 Å². The van der Waals surface area contributed by atoms with Crippen molar-refractivity contribution in [3.63, 3.8) is 0 Å². The Balaban J connectivity index is 2.18. The van der Waals surface area contributed by atoms with Gasteiger partial charge in [0.05, 0.1) is 0 Å². The van der Waals surface area contributed by atoms with E-state index in [-0.39, 0.29) is 17.9 Å². The molecule has 0 saturated carbocycles. The lowest BCUT2D eigenvalue weighted by molar-refractivity contribution is -0.143. The molecular weight excluding hydrogens is 532 g/mol. The third-order valence-corrected chi connectivity index (χ3v) is 7.56. The molecule has 0 N–H and O–H groups in total. The third-order valence-electron chi connectivity index (χ3n) is 7.56. The van der Waals surface area contributed by atoms with Gasteiger partial charge in [-0.2, -0.15) is 0 Å². The van der Waals surface area contributed by atoms with Gasteiger partial charge in [0.25, 0.3) is 11.8 Å². The predicted molar refractivity (Wildman–Crippen MR) is 178 cm³/mol. The second-order valence-electron chi connectivity index (χ2n) is 10.4. The molecule has 3 rings (SSSR count). The molecule has 0 radical (unpaired) electrons. The van der Waals surface area contributed by atoms with E-state index in [1.807, 2.05) is 89.3 Å². The number of carbonyl (C=O) groups excluding carboxylic acids is 2. The maximum Gasteiger partial charge on any atom is 0.261 e. The second-order valence-corrected chi connectivity index (χ2v) is 10.4. The van der Waals surface area contributed by atoms with Crippen LogP contribution >= 0.6 is 0 Å². The van der Waals surface area contributed by atoms with Crippen molar-refractivity contribution in [1.29, 1.82) is 0 Å². The molecule has 0 fully saturated rings. The molecule has 0 bridgehead atoms. The average molecular weight is 577 g/mol. The van der Waals surface area contributed by atoms with Gasteiger partial charge >= 0.3 is 0 Å². The van der Waals surface area contributed by atoms with Gasteiger partial charge in [-0.3, -0.25) is 14.5 Å². The Hall–Kier alpha value is -4.45. The van der Waals surface area contributed by atoms with Crippen molar-refractivity contribution in [1.82, 2.24) is 19.9 Å². The number of hydrogen-bond donors (Lipinski definition) is 0. The van der Waals surface area contributed by atoms with Crippen LogP contribution < -0.4 is 0 Å². The van der Waals surface area contributed by atoms with Gasteiger partial charge in [-0.1, -0.05) is 113 Å². The molecular formula is C37H44N4O2. The number of rotatable bonds is 13. The van der Waals surface area contributed by atoms with Crippen LogP contribution in [0.15, 0.2) is 102 Å². The first-order valence-corrected chi connectivity index (χ1v) is 15.2. The van der Waals surface area contributed by atoms with E-state index in [4.69, 9.17) is 15.0 Å². The van der Waals surface area contributed by atoms with Gasteiger partial charge < -0.3 is 0 Å². The minimum absolute atomic E-state index is 0.176. The molecule has 2 aromatic rings. The molecule has 1 aromatic heterocycles. The Labute approximate surface area is 257 Å². The maximum absolute atomic E-state index is 14.0. The average Bonchev–Trinajstić information content (AvgIpc) is 3.03. The van der Waals surface area contributed by atoms with Crippen molar-refractivity contribution in [3.8, 4) is 11.4 Å². The molecule has 0 spiro atoms. The summed E-state index contributed by atoms with van der Waals surface area (Å²) in [6.07, 6.45) is 15.7. The molecule has 6 heteroatoms. The monoisotopic (exact) mass is 576 g/mol. The number of imide groups is 1. The highest BCUT2D eigenvalue weighted by Gasteiger charge is 2.40. The highest BCUT2D eigenvalue weighted by molar-refractivity contribution is 6.20. The SMILES string of the molecule is C=C(C(=C)c1nc(C(/C=C\C)=C/C)nc(-c2ccccc2)n1)C1=C(/C=C\C)C(=O)N(C(CC)CCCCC)C(=O)/C1=C/C. The zero-order valence-corrected chi connectivity index (χ0v) is 26.5. The fourth-order valence-electron chi connectivity index (χ4n) is 5.22. The number of amides is 2. The number of aromatic nitrogens is 3. The molecule has 6 nitrogen and oxygen atoms in total. The van der Waals surface area contributed by atoms with Crippen molar-refractivity contribution < 1.29 is 9.59 Å². The molecule has 2 heterocycles. The summed E-state index contributed by atoms with van der Waals surface area (Å²) in [6.45, 7) is 20.4. The Morgan fingerprint density at radius 2 is 1.58 bits per heavy atom. The standard InChI is InChI=1S/C37H44N4O2/c1-9-15-17-24-29(13-5)41-36(42)30(14-6)32(31(21-11-3)37(41)43)25(7)26(8)33-38-34(27(12-4)20-10-2)40-35(39-33)28-22-18-16-19-23-28/h10-12,14,16,18-23,29H,7-9,13,15,17,24H2,1-6H3/b20-10-,21-11-,27-12+,30-14+. The van der Waals surface area contributed by atoms with E-state index in [0.717, 1.165) is 36.8 Å². The number of carbonyl (C=O) groups is 2. The zero-order chi connectivity index (χ0) is 31.5. The third kappa shape index (κ3) is 7.31. The highest BCUT2D eigenvalue weighted by Crippen LogP contribution is 2.38. The minimum Gasteiger partial charge on any atom is -0.271 e. The molecule has 1 aromatic carbocycles. The fraction of sp³-hybridized carbons (Fsp3) is 0.324. The van der Waals surface area contributed by atoms with Crippen LogP contribution in [0.5, 0.6) is 0 Å². The van der Waals surface area contributed by atoms with Crippen molar-refractivity contribution in [2.45, 2.75) is 79.7 Å². The lowest BCUT2D eigenvalue weighted by Crippen LogP contribution is -2.49. The number of hydrogen-bond acceptors (Lipinski definition) is 5. The highest BCUT2D eigenvalue weighted by atomic mass is 16.2. The van der Waals surface area contributed by atoms with E-state index in [1.54, 1.807) is 12.2 Å². The second kappa shape index (κ2) is 15.7. The summed E-state index contributed by atoms with van der Waals surface area (Å²) in [5.41, 5.74) is 3.80. The zero-order valence-electron chi connectivity index (χ0n) is 26.5. The van der Waals surface area contributed by atoms with Crippen molar-refractivity contribution in [2.75, 3.05) is 0 Å². The lowest BCUT2D eigenvalue weighted by Gasteiger charge is -2.36. The summed E-state index contributed by atoms with van der Waals surface area (Å²) >= 11 is 0. The molecule has 1 aliphatic heterocycles. The van der Waals surface area contributed by atoms with Gasteiger partial charge in [0.1, 0.15) is 0 Å². The first-order valence-electron chi connectivity index (χ1n) is 15.2. The van der Waals surface area contributed by atoms with E-state index >= 15 is 0 Å². The van der Waals surface area contributed by atoms with Gasteiger partial charge in [-0.25, -0.2) is 15.0 Å². The Morgan fingerprint density at radius 3 is 2.16 bits per heavy atom. The normalized spacial score (nSPS) is 16.2. The smallest absolute Gasteiger partial charge is 0.261 e. The quantitative estimate of drug-likeness (QED) is 0.103. The Bertz CT molecular complexity index is 1520. The molecule has 43 heavy (non-hydrogen) atoms. The molecule has 224 valence electrons. The van der Waals surface area contributed by atoms with E-state index in [1.165, 1.54) is 4.90 Å². The van der Waals surface area contributed by atoms with Gasteiger partial charge in [0.2, 0.25) is 0 Å². The van der Waals surface area contributed by atoms with Gasteiger partial charge in [-0.05, 0) is 46.1 Å². The van der Waals surface area contributed by atoms with E-state index in [2.05, 4.69) is 20.1 Å². The van der Waals surface area contributed by atoms with Crippen LogP contribution in [0.2, 0.25) is 0 Å². The van der Waals surface area contributed by atoms with Crippen LogP contribution in [-0.2, 0) is 9.59 Å². The summed E-state index contributed by atoms with van der Waals surface area (Å²) in [5.74, 6) is 0.693. The Kier molecular flexibility index (Phi) is 12.1. The van der Waals surface area contributed by atoms with E-state index < -0.39 is 0 Å². The van der Waals surface area contributed by atoms with Gasteiger partial charge in [0, 0.05) is 39.5 Å². The Morgan fingerprint density at radius 1 is 0.884 bits per heavy atom. The van der Waals surface area contributed by atoms with Crippen LogP contribution in [0.3, 0.4) is 0 Å². The van der Waals surface area contributed by atoms with Crippen LogP contribution in [0.1, 0.15) is 85.3 Å². The van der Waals surface area contributed by atoms with Crippen molar-refractivity contribution in [3.05, 3.63) is 114 Å². The molecule has 1 unspecified atom stereocenters. The lowest BCUT2D eigenvalue weighted by atomic mass is 9.84. The first-order chi connectivity index (χ1) is 20.8. The van der Waals surface area contributed by atoms with E-state index in [9.17, 15) is 9.59 Å². The van der Waals surface area contributed by atoms with Crippen LogP contribution in [0, 0.1) is 0 Å². The molecule has 1 atom stereocenters. The summed E-state index contributed by atoms with van der Waals surface area (Å²) < 4.78 is 0. The van der Waals surface area contributed by atoms with Gasteiger partial charge in [-0.15, -0.1) is 0 Å². The fourth-order valence-corrected chi connectivity index (χ4v) is 5.22. The van der Waals surface area contributed by atoms with Gasteiger partial charge in [0.15, 0.2) is 17.5 Å². The minimum atomic E-state index is -0.313. The summed E-state index contributed by atoms with van der Waals surface area (Å²) in [5, 5.41) is 0. The van der Waals surface area contributed by atoms with Crippen LogP contribution in [0.25, 0.3) is 22.5 Å². The number of allylic oxidation sites excluding steroid dienone is 8. The molecule has 1 aliphatic rings. The number of unbranched alkanes of at least 4 members (excludes halogenated alkanes) is 2. The molecule has 0 saturated heterocycles. The van der Waals surface area contributed by atoms with Crippen LogP contribution in [-0.4, -0.2) is 37.7 Å². The first kappa shape index (κ1) is 33.1. The maximum atomic E-state index is 14.0. The van der Waals surface area contributed by atoms with Crippen molar-refractivity contribution >= 4 is 23.0 Å². The summed E-state index contributed by atoms with van der Waals surface area (Å²) in [7, 11) is 0. The molecule has 0 aliphatic carbocycles.